The zero-order chi connectivity index (χ0) is 14.8. The van der Waals surface area contributed by atoms with E-state index >= 15 is 0 Å². The number of rotatable bonds is 4. The maximum absolute atomic E-state index is 14.2. The van der Waals surface area contributed by atoms with Gasteiger partial charge in [-0.2, -0.15) is 0 Å². The van der Waals surface area contributed by atoms with Crippen LogP contribution in [0.3, 0.4) is 0 Å². The number of nitrogens with zero attached hydrogens (tertiary/aromatic N) is 1. The molecule has 7 heteroatoms. The summed E-state index contributed by atoms with van der Waals surface area (Å²) >= 11 is 0. The predicted molar refractivity (Wildman–Crippen MR) is 79.3 cm³/mol. The molecule has 0 unspecified atom stereocenters. The van der Waals surface area contributed by atoms with Crippen LogP contribution in [0.1, 0.15) is 17.2 Å². The Kier molecular flexibility index (Phi) is 6.34. The number of para-hydroxylation sites is 1. The molecule has 21 heavy (non-hydrogen) atoms. The third-order valence-electron chi connectivity index (χ3n) is 3.69. The first-order valence-electron chi connectivity index (χ1n) is 6.69. The fourth-order valence-corrected chi connectivity index (χ4v) is 2.62. The molecule has 1 aromatic rings. The van der Waals surface area contributed by atoms with Gasteiger partial charge in [-0.1, -0.05) is 18.2 Å². The summed E-state index contributed by atoms with van der Waals surface area (Å²) in [6.07, 6.45) is 0. The van der Waals surface area contributed by atoms with E-state index in [2.05, 4.69) is 5.32 Å². The van der Waals surface area contributed by atoms with Crippen LogP contribution in [0.4, 0.5) is 8.78 Å². The van der Waals surface area contributed by atoms with Crippen molar-refractivity contribution in [3.05, 3.63) is 29.3 Å². The summed E-state index contributed by atoms with van der Waals surface area (Å²) in [5.74, 6) is -3.42. The number of benzene rings is 1. The Balaban J connectivity index is 0.00000220. The number of alkyl halides is 2. The summed E-state index contributed by atoms with van der Waals surface area (Å²) in [4.78, 5) is 1.61. The second-order valence-corrected chi connectivity index (χ2v) is 5.12. The third kappa shape index (κ3) is 3.83. The zero-order valence-corrected chi connectivity index (χ0v) is 12.7. The van der Waals surface area contributed by atoms with Gasteiger partial charge in [-0.25, -0.2) is 8.78 Å². The van der Waals surface area contributed by atoms with Crippen LogP contribution >= 0.6 is 12.4 Å². The summed E-state index contributed by atoms with van der Waals surface area (Å²) in [6, 6.07) is 3.51. The number of aromatic hydroxyl groups is 1. The van der Waals surface area contributed by atoms with Gasteiger partial charge in [-0.05, 0) is 12.5 Å². The molecule has 0 saturated carbocycles. The topological polar surface area (TPSA) is 55.7 Å². The van der Waals surface area contributed by atoms with Crippen molar-refractivity contribution < 1.29 is 19.0 Å². The molecule has 1 aromatic carbocycles. The van der Waals surface area contributed by atoms with Crippen molar-refractivity contribution >= 4 is 12.4 Å². The van der Waals surface area contributed by atoms with Crippen LogP contribution in [-0.4, -0.2) is 53.8 Å². The number of aliphatic hydroxyl groups excluding tert-OH is 1. The average Bonchev–Trinajstić information content (AvgIpc) is 2.45. The van der Waals surface area contributed by atoms with Crippen molar-refractivity contribution in [3.8, 4) is 5.75 Å². The average molecular weight is 323 g/mol. The lowest BCUT2D eigenvalue weighted by atomic mass is 9.95. The number of nitrogens with one attached hydrogen (secondary N) is 1. The Morgan fingerprint density at radius 2 is 1.95 bits per heavy atom. The molecule has 3 N–H and O–H groups in total. The van der Waals surface area contributed by atoms with Crippen molar-refractivity contribution in [1.82, 2.24) is 10.2 Å². The van der Waals surface area contributed by atoms with Gasteiger partial charge in [-0.15, -0.1) is 12.4 Å². The van der Waals surface area contributed by atoms with Gasteiger partial charge in [0.05, 0.1) is 0 Å². The molecule has 120 valence electrons. The molecule has 4 nitrogen and oxygen atoms in total. The molecule has 1 saturated heterocycles. The lowest BCUT2D eigenvalue weighted by Gasteiger charge is -2.39. The molecule has 2 rings (SSSR count). The fraction of sp³-hybridized carbons (Fsp3) is 0.571. The molecule has 0 aromatic heterocycles. The standard InChI is InChI=1S/C14H20F2N2O2.ClH/c1-10-3-2-4-11(12(10)20)13(14(15,16)9-19)18-7-5-17-6-8-18;/h2-4,13,17,19-20H,5-9H2,1H3;1H/t13-;/m1./s1. The smallest absolute Gasteiger partial charge is 0.290 e. The number of phenols is 1. The Morgan fingerprint density at radius 1 is 1.33 bits per heavy atom. The van der Waals surface area contributed by atoms with Gasteiger partial charge in [-0.3, -0.25) is 4.90 Å². The van der Waals surface area contributed by atoms with Gasteiger partial charge in [0, 0.05) is 31.7 Å². The highest BCUT2D eigenvalue weighted by atomic mass is 35.5. The summed E-state index contributed by atoms with van der Waals surface area (Å²) in [7, 11) is 0. The lowest BCUT2D eigenvalue weighted by molar-refractivity contribution is -0.119. The van der Waals surface area contributed by atoms with Gasteiger partial charge >= 0.3 is 0 Å². The van der Waals surface area contributed by atoms with Crippen LogP contribution in [-0.2, 0) is 0 Å². The number of aliphatic hydroxyl groups is 1. The van der Waals surface area contributed by atoms with Gasteiger partial charge in [0.15, 0.2) is 0 Å². The van der Waals surface area contributed by atoms with Crippen molar-refractivity contribution in [2.75, 3.05) is 32.8 Å². The van der Waals surface area contributed by atoms with Crippen LogP contribution in [0.5, 0.6) is 5.75 Å². The van der Waals surface area contributed by atoms with Crippen LogP contribution in [0.25, 0.3) is 0 Å². The lowest BCUT2D eigenvalue weighted by Crippen LogP contribution is -2.51. The molecule has 1 fully saturated rings. The van der Waals surface area contributed by atoms with E-state index in [0.29, 0.717) is 31.7 Å². The van der Waals surface area contributed by atoms with Crippen molar-refractivity contribution in [3.63, 3.8) is 0 Å². The second-order valence-electron chi connectivity index (χ2n) is 5.12. The number of hydrogen-bond acceptors (Lipinski definition) is 4. The van der Waals surface area contributed by atoms with E-state index in [1.807, 2.05) is 0 Å². The number of phenolic OH excluding ortho intramolecular Hbond substituents is 1. The highest BCUT2D eigenvalue weighted by molar-refractivity contribution is 5.85. The number of hydrogen-bond donors (Lipinski definition) is 3. The second kappa shape index (κ2) is 7.35. The molecular weight excluding hydrogens is 302 g/mol. The monoisotopic (exact) mass is 322 g/mol. The first-order chi connectivity index (χ1) is 9.47. The SMILES string of the molecule is Cc1cccc([C@@H](N2CCNCC2)C(F)(F)CO)c1O.Cl. The van der Waals surface area contributed by atoms with E-state index in [1.54, 1.807) is 24.0 Å². The molecular formula is C14H21ClF2N2O2. The molecule has 1 heterocycles. The molecule has 0 radical (unpaired) electrons. The quantitative estimate of drug-likeness (QED) is 0.790. The van der Waals surface area contributed by atoms with Gasteiger partial charge < -0.3 is 15.5 Å². The number of halogens is 3. The Morgan fingerprint density at radius 3 is 2.52 bits per heavy atom. The zero-order valence-electron chi connectivity index (χ0n) is 11.9. The van der Waals surface area contributed by atoms with E-state index in [4.69, 9.17) is 5.11 Å². The minimum absolute atomic E-state index is 0. The Bertz CT molecular complexity index is 468. The van der Waals surface area contributed by atoms with Crippen molar-refractivity contribution in [2.24, 2.45) is 0 Å². The third-order valence-corrected chi connectivity index (χ3v) is 3.69. The van der Waals surface area contributed by atoms with E-state index in [9.17, 15) is 13.9 Å². The van der Waals surface area contributed by atoms with Crippen LogP contribution in [0, 0.1) is 6.92 Å². The van der Waals surface area contributed by atoms with Gasteiger partial charge in [0.25, 0.3) is 5.92 Å². The highest BCUT2D eigenvalue weighted by Crippen LogP contribution is 2.41. The fourth-order valence-electron chi connectivity index (χ4n) is 2.62. The molecule has 0 aliphatic carbocycles. The van der Waals surface area contributed by atoms with Gasteiger partial charge in [0.2, 0.25) is 0 Å². The molecule has 0 bridgehead atoms. The summed E-state index contributed by atoms with van der Waals surface area (Å²) < 4.78 is 28.4. The van der Waals surface area contributed by atoms with Crippen LogP contribution < -0.4 is 5.32 Å². The summed E-state index contributed by atoms with van der Waals surface area (Å²) in [6.45, 7) is 2.57. The summed E-state index contributed by atoms with van der Waals surface area (Å²) in [5, 5.41) is 22.2. The van der Waals surface area contributed by atoms with Crippen molar-refractivity contribution in [2.45, 2.75) is 18.9 Å². The van der Waals surface area contributed by atoms with Crippen LogP contribution in [0.15, 0.2) is 18.2 Å². The van der Waals surface area contributed by atoms with Crippen molar-refractivity contribution in [1.29, 1.82) is 0 Å². The Hall–Kier alpha value is -0.950. The van der Waals surface area contributed by atoms with E-state index in [-0.39, 0.29) is 23.7 Å². The largest absolute Gasteiger partial charge is 0.507 e. The summed E-state index contributed by atoms with van der Waals surface area (Å²) in [5.41, 5.74) is 0.724. The first-order valence-corrected chi connectivity index (χ1v) is 6.69. The minimum Gasteiger partial charge on any atom is -0.507 e. The van der Waals surface area contributed by atoms with Gasteiger partial charge in [0.1, 0.15) is 18.4 Å². The normalized spacial score (nSPS) is 18.1. The van der Waals surface area contributed by atoms with Crippen LogP contribution in [0.2, 0.25) is 0 Å². The van der Waals surface area contributed by atoms with E-state index in [0.717, 1.165) is 0 Å². The highest BCUT2D eigenvalue weighted by Gasteiger charge is 2.45. The molecule has 0 amide bonds. The maximum Gasteiger partial charge on any atom is 0.290 e. The minimum atomic E-state index is -3.30. The maximum atomic E-state index is 14.2. The Labute approximate surface area is 129 Å². The van der Waals surface area contributed by atoms with E-state index in [1.165, 1.54) is 6.07 Å². The number of piperazine rings is 1. The van der Waals surface area contributed by atoms with E-state index < -0.39 is 18.6 Å². The molecule has 0 spiro atoms. The predicted octanol–water partition coefficient (Wildman–Crippen LogP) is 1.70. The molecule has 1 aliphatic heterocycles. The molecule has 1 aliphatic rings. The number of aryl methyl sites for hydroxylation is 1. The molecule has 1 atom stereocenters. The first kappa shape index (κ1) is 18.1.